The summed E-state index contributed by atoms with van der Waals surface area (Å²) in [5, 5.41) is 2.58. The Hall–Kier alpha value is -3.34. The van der Waals surface area contributed by atoms with E-state index in [0.717, 1.165) is 5.56 Å². The van der Waals surface area contributed by atoms with Crippen LogP contribution in [0, 0.1) is 0 Å². The lowest BCUT2D eigenvalue weighted by molar-refractivity contribution is 0.215. The average Bonchev–Trinajstić information content (AvgIpc) is 2.62. The third kappa shape index (κ3) is 4.58. The van der Waals surface area contributed by atoms with Crippen molar-refractivity contribution < 1.29 is 14.3 Å². The van der Waals surface area contributed by atoms with Crippen molar-refractivity contribution in [3.63, 3.8) is 0 Å². The van der Waals surface area contributed by atoms with Crippen LogP contribution in [-0.4, -0.2) is 11.1 Å². The van der Waals surface area contributed by atoms with Gasteiger partial charge in [-0.05, 0) is 23.8 Å². The minimum absolute atomic E-state index is 0.362. The van der Waals surface area contributed by atoms with Crippen LogP contribution < -0.4 is 14.8 Å². The minimum Gasteiger partial charge on any atom is -0.489 e. The van der Waals surface area contributed by atoms with Crippen LogP contribution in [0.4, 0.5) is 10.6 Å². The van der Waals surface area contributed by atoms with E-state index >= 15 is 0 Å². The number of hydrogen-bond acceptors (Lipinski definition) is 4. The molecule has 0 fully saturated rings. The highest BCUT2D eigenvalue weighted by molar-refractivity contribution is 5.85. The monoisotopic (exact) mass is 320 g/mol. The van der Waals surface area contributed by atoms with Gasteiger partial charge in [0.2, 0.25) is 0 Å². The number of anilines is 1. The maximum Gasteiger partial charge on any atom is 0.418 e. The summed E-state index contributed by atoms with van der Waals surface area (Å²) in [6, 6.07) is 22.0. The molecule has 0 aliphatic rings. The number of rotatable bonds is 5. The number of hydrogen-bond donors (Lipinski definition) is 1. The number of amides is 1. The number of para-hydroxylation sites is 1. The quantitative estimate of drug-likeness (QED) is 0.762. The predicted octanol–water partition coefficient (Wildman–Crippen LogP) is 4.27. The number of benzene rings is 2. The third-order valence-corrected chi connectivity index (χ3v) is 3.16. The van der Waals surface area contributed by atoms with Gasteiger partial charge in [-0.25, -0.2) is 9.78 Å². The molecule has 0 spiro atoms. The zero-order valence-corrected chi connectivity index (χ0v) is 12.9. The topological polar surface area (TPSA) is 60.5 Å². The summed E-state index contributed by atoms with van der Waals surface area (Å²) in [6.07, 6.45) is 0.965. The van der Waals surface area contributed by atoms with Crippen LogP contribution in [0.2, 0.25) is 0 Å². The molecule has 0 bridgehead atoms. The molecule has 5 heteroatoms. The molecule has 120 valence electrons. The molecule has 0 atom stereocenters. The Morgan fingerprint density at radius 3 is 2.38 bits per heavy atom. The molecule has 1 aromatic heterocycles. The fourth-order valence-electron chi connectivity index (χ4n) is 2.04. The Balaban J connectivity index is 1.57. The number of carbonyl (C=O) groups is 1. The molecule has 0 saturated heterocycles. The van der Waals surface area contributed by atoms with Gasteiger partial charge >= 0.3 is 6.09 Å². The van der Waals surface area contributed by atoms with E-state index in [-0.39, 0.29) is 0 Å². The van der Waals surface area contributed by atoms with E-state index in [2.05, 4.69) is 10.3 Å². The average molecular weight is 320 g/mol. The summed E-state index contributed by atoms with van der Waals surface area (Å²) in [6.45, 7) is 0.443. The fraction of sp³-hybridized carbons (Fsp3) is 0.0526. The number of nitrogens with zero attached hydrogens (tertiary/aromatic N) is 1. The fourth-order valence-corrected chi connectivity index (χ4v) is 2.04. The molecule has 1 heterocycles. The minimum atomic E-state index is -0.603. The Bertz CT molecular complexity index is 792. The second-order valence-corrected chi connectivity index (χ2v) is 4.98. The molecule has 3 aromatic rings. The van der Waals surface area contributed by atoms with E-state index in [0.29, 0.717) is 23.9 Å². The van der Waals surface area contributed by atoms with Gasteiger partial charge in [-0.2, -0.15) is 0 Å². The highest BCUT2D eigenvalue weighted by Gasteiger charge is 2.07. The SMILES string of the molecule is O=C(Nc1cc(OCc2ccccc2)ccn1)Oc1ccccc1. The molecule has 0 aliphatic carbocycles. The van der Waals surface area contributed by atoms with Gasteiger partial charge in [-0.15, -0.1) is 0 Å². The van der Waals surface area contributed by atoms with Crippen molar-refractivity contribution in [1.29, 1.82) is 0 Å². The van der Waals surface area contributed by atoms with Crippen LogP contribution in [0.25, 0.3) is 0 Å². The number of aromatic nitrogens is 1. The maximum atomic E-state index is 11.9. The number of ether oxygens (including phenoxy) is 2. The Kier molecular flexibility index (Phi) is 5.04. The van der Waals surface area contributed by atoms with Crippen LogP contribution in [0.1, 0.15) is 5.56 Å². The van der Waals surface area contributed by atoms with Gasteiger partial charge in [0.1, 0.15) is 23.9 Å². The van der Waals surface area contributed by atoms with Crippen molar-refractivity contribution in [2.24, 2.45) is 0 Å². The maximum absolute atomic E-state index is 11.9. The number of pyridine rings is 1. The molecule has 0 unspecified atom stereocenters. The zero-order valence-electron chi connectivity index (χ0n) is 12.9. The van der Waals surface area contributed by atoms with Crippen molar-refractivity contribution in [2.45, 2.75) is 6.61 Å². The highest BCUT2D eigenvalue weighted by Crippen LogP contribution is 2.17. The normalized spacial score (nSPS) is 10.0. The largest absolute Gasteiger partial charge is 0.489 e. The van der Waals surface area contributed by atoms with E-state index in [9.17, 15) is 4.79 Å². The number of carbonyl (C=O) groups excluding carboxylic acids is 1. The standard InChI is InChI=1S/C19H16N2O3/c22-19(24-16-9-5-2-6-10-16)21-18-13-17(11-12-20-18)23-14-15-7-3-1-4-8-15/h1-13H,14H2,(H,20,21,22). The summed E-state index contributed by atoms with van der Waals surface area (Å²) >= 11 is 0. The van der Waals surface area contributed by atoms with Crippen molar-refractivity contribution in [3.05, 3.63) is 84.6 Å². The molecule has 3 rings (SSSR count). The zero-order chi connectivity index (χ0) is 16.6. The second kappa shape index (κ2) is 7.78. The Morgan fingerprint density at radius 2 is 1.62 bits per heavy atom. The molecular formula is C19H16N2O3. The molecule has 1 amide bonds. The molecule has 0 aliphatic heterocycles. The smallest absolute Gasteiger partial charge is 0.418 e. The predicted molar refractivity (Wildman–Crippen MR) is 91.1 cm³/mol. The van der Waals surface area contributed by atoms with Gasteiger partial charge in [0.05, 0.1) is 0 Å². The molecule has 24 heavy (non-hydrogen) atoms. The molecule has 5 nitrogen and oxygen atoms in total. The van der Waals surface area contributed by atoms with Crippen molar-refractivity contribution in [3.8, 4) is 11.5 Å². The van der Waals surface area contributed by atoms with Gasteiger partial charge in [0.25, 0.3) is 0 Å². The summed E-state index contributed by atoms with van der Waals surface area (Å²) < 4.78 is 10.9. The lowest BCUT2D eigenvalue weighted by atomic mass is 10.2. The van der Waals surface area contributed by atoms with Gasteiger partial charge in [0, 0.05) is 12.3 Å². The lowest BCUT2D eigenvalue weighted by Crippen LogP contribution is -2.17. The van der Waals surface area contributed by atoms with Crippen molar-refractivity contribution in [1.82, 2.24) is 4.98 Å². The van der Waals surface area contributed by atoms with E-state index in [1.165, 1.54) is 0 Å². The molecule has 0 radical (unpaired) electrons. The van der Waals surface area contributed by atoms with E-state index in [4.69, 9.17) is 9.47 Å². The molecule has 0 saturated carbocycles. The highest BCUT2D eigenvalue weighted by atomic mass is 16.6. The molecular weight excluding hydrogens is 304 g/mol. The molecule has 2 aromatic carbocycles. The van der Waals surface area contributed by atoms with Gasteiger partial charge < -0.3 is 9.47 Å². The third-order valence-electron chi connectivity index (χ3n) is 3.16. The van der Waals surface area contributed by atoms with E-state index < -0.39 is 6.09 Å². The van der Waals surface area contributed by atoms with Gasteiger partial charge in [0.15, 0.2) is 0 Å². The molecule has 1 N–H and O–H groups in total. The van der Waals surface area contributed by atoms with Crippen molar-refractivity contribution >= 4 is 11.9 Å². The van der Waals surface area contributed by atoms with Crippen LogP contribution in [0.3, 0.4) is 0 Å². The van der Waals surface area contributed by atoms with E-state index in [1.807, 2.05) is 36.4 Å². The van der Waals surface area contributed by atoms with Gasteiger partial charge in [-0.1, -0.05) is 48.5 Å². The van der Waals surface area contributed by atoms with Crippen LogP contribution in [0.5, 0.6) is 11.5 Å². The lowest BCUT2D eigenvalue weighted by Gasteiger charge is -2.09. The van der Waals surface area contributed by atoms with Crippen molar-refractivity contribution in [2.75, 3.05) is 5.32 Å². The first-order valence-corrected chi connectivity index (χ1v) is 7.46. The summed E-state index contributed by atoms with van der Waals surface area (Å²) in [7, 11) is 0. The number of nitrogens with one attached hydrogen (secondary N) is 1. The first kappa shape index (κ1) is 15.6. The second-order valence-electron chi connectivity index (χ2n) is 4.98. The summed E-state index contributed by atoms with van der Waals surface area (Å²) in [5.74, 6) is 1.44. The van der Waals surface area contributed by atoms with Crippen LogP contribution >= 0.6 is 0 Å². The first-order valence-electron chi connectivity index (χ1n) is 7.46. The Labute approximate surface area is 139 Å². The van der Waals surface area contributed by atoms with Crippen LogP contribution in [0.15, 0.2) is 79.0 Å². The van der Waals surface area contributed by atoms with Gasteiger partial charge in [-0.3, -0.25) is 5.32 Å². The Morgan fingerprint density at radius 1 is 0.917 bits per heavy atom. The van der Waals surface area contributed by atoms with E-state index in [1.54, 1.807) is 42.6 Å². The first-order chi connectivity index (χ1) is 11.8. The summed E-state index contributed by atoms with van der Waals surface area (Å²) in [5.41, 5.74) is 1.06. The van der Waals surface area contributed by atoms with Crippen LogP contribution in [-0.2, 0) is 6.61 Å². The summed E-state index contributed by atoms with van der Waals surface area (Å²) in [4.78, 5) is 15.9.